The highest BCUT2D eigenvalue weighted by molar-refractivity contribution is 6.02. The molecule has 1 aliphatic heterocycles. The van der Waals surface area contributed by atoms with Gasteiger partial charge in [-0.25, -0.2) is 0 Å². The highest BCUT2D eigenvalue weighted by Crippen LogP contribution is 2.35. The van der Waals surface area contributed by atoms with Crippen LogP contribution in [0.3, 0.4) is 0 Å². The predicted molar refractivity (Wildman–Crippen MR) is 67.1 cm³/mol. The molecule has 2 aliphatic rings. The Morgan fingerprint density at radius 3 is 2.56 bits per heavy atom. The van der Waals surface area contributed by atoms with Crippen molar-refractivity contribution in [3.8, 4) is 0 Å². The SMILES string of the molecule is CC1(C)O[C@@H]2C=C(Cc3ccccc3)C(=O)[C@@H]2O1. The van der Waals surface area contributed by atoms with Crippen molar-refractivity contribution in [2.45, 2.75) is 38.3 Å². The first-order valence-electron chi connectivity index (χ1n) is 6.20. The van der Waals surface area contributed by atoms with Crippen molar-refractivity contribution >= 4 is 5.78 Å². The van der Waals surface area contributed by atoms with Gasteiger partial charge < -0.3 is 9.47 Å². The van der Waals surface area contributed by atoms with Crippen molar-refractivity contribution in [1.29, 1.82) is 0 Å². The van der Waals surface area contributed by atoms with Crippen LogP contribution in [0.5, 0.6) is 0 Å². The van der Waals surface area contributed by atoms with Crippen molar-refractivity contribution in [2.24, 2.45) is 0 Å². The molecule has 2 atom stereocenters. The molecule has 0 unspecified atom stereocenters. The third-order valence-corrected chi connectivity index (χ3v) is 3.31. The second-order valence-corrected chi connectivity index (χ2v) is 5.24. The Kier molecular flexibility index (Phi) is 2.61. The minimum absolute atomic E-state index is 0.0643. The van der Waals surface area contributed by atoms with Crippen molar-refractivity contribution in [3.63, 3.8) is 0 Å². The van der Waals surface area contributed by atoms with Gasteiger partial charge in [-0.1, -0.05) is 30.3 Å². The molecule has 0 spiro atoms. The van der Waals surface area contributed by atoms with Crippen LogP contribution in [-0.4, -0.2) is 23.8 Å². The summed E-state index contributed by atoms with van der Waals surface area (Å²) in [5.41, 5.74) is 1.93. The lowest BCUT2D eigenvalue weighted by Crippen LogP contribution is -2.27. The largest absolute Gasteiger partial charge is 0.340 e. The van der Waals surface area contributed by atoms with E-state index in [2.05, 4.69) is 0 Å². The summed E-state index contributed by atoms with van der Waals surface area (Å²) in [5, 5.41) is 0. The first kappa shape index (κ1) is 11.6. The number of Topliss-reactive ketones (excluding diaryl/α,β-unsaturated/α-hetero) is 1. The fourth-order valence-electron chi connectivity index (χ4n) is 2.54. The van der Waals surface area contributed by atoms with Crippen LogP contribution in [0.2, 0.25) is 0 Å². The van der Waals surface area contributed by atoms with Crippen molar-refractivity contribution in [3.05, 3.63) is 47.5 Å². The molecular formula is C15H16O3. The van der Waals surface area contributed by atoms with Crippen LogP contribution in [0.4, 0.5) is 0 Å². The van der Waals surface area contributed by atoms with Crippen LogP contribution < -0.4 is 0 Å². The molecule has 0 radical (unpaired) electrons. The van der Waals surface area contributed by atoms with Crippen LogP contribution >= 0.6 is 0 Å². The minimum Gasteiger partial charge on any atom is -0.340 e. The van der Waals surface area contributed by atoms with Crippen LogP contribution in [0, 0.1) is 0 Å². The van der Waals surface area contributed by atoms with Gasteiger partial charge in [-0.3, -0.25) is 4.79 Å². The average molecular weight is 244 g/mol. The van der Waals surface area contributed by atoms with E-state index < -0.39 is 11.9 Å². The van der Waals surface area contributed by atoms with E-state index in [4.69, 9.17) is 9.47 Å². The summed E-state index contributed by atoms with van der Waals surface area (Å²) in [7, 11) is 0. The van der Waals surface area contributed by atoms with Crippen LogP contribution in [0.1, 0.15) is 19.4 Å². The Morgan fingerprint density at radius 2 is 1.89 bits per heavy atom. The molecule has 1 saturated heterocycles. The Bertz CT molecular complexity index is 502. The van der Waals surface area contributed by atoms with Crippen molar-refractivity contribution in [2.75, 3.05) is 0 Å². The molecule has 1 aliphatic carbocycles. The van der Waals surface area contributed by atoms with E-state index in [9.17, 15) is 4.79 Å². The number of benzene rings is 1. The summed E-state index contributed by atoms with van der Waals surface area (Å²) in [4.78, 5) is 12.2. The van der Waals surface area contributed by atoms with Gasteiger partial charge >= 0.3 is 0 Å². The monoisotopic (exact) mass is 244 g/mol. The number of ketones is 1. The van der Waals surface area contributed by atoms with E-state index in [0.29, 0.717) is 6.42 Å². The molecule has 0 amide bonds. The van der Waals surface area contributed by atoms with Gasteiger partial charge in [0.15, 0.2) is 17.7 Å². The summed E-state index contributed by atoms with van der Waals surface area (Å²) >= 11 is 0. The fraction of sp³-hybridized carbons (Fsp3) is 0.400. The normalized spacial score (nSPS) is 29.2. The van der Waals surface area contributed by atoms with E-state index in [0.717, 1.165) is 11.1 Å². The standard InChI is InChI=1S/C15H16O3/c1-15(2)17-12-9-11(13(16)14(12)18-15)8-10-6-4-3-5-7-10/h3-7,9,12,14H,8H2,1-2H3/t12-,14-/m1/s1. The van der Waals surface area contributed by atoms with Crippen LogP contribution in [-0.2, 0) is 20.7 Å². The Balaban J connectivity index is 1.78. The number of fused-ring (bicyclic) bond motifs is 1. The highest BCUT2D eigenvalue weighted by Gasteiger charge is 2.48. The van der Waals surface area contributed by atoms with E-state index in [1.807, 2.05) is 50.3 Å². The van der Waals surface area contributed by atoms with E-state index in [1.165, 1.54) is 0 Å². The lowest BCUT2D eigenvalue weighted by molar-refractivity contribution is -0.153. The summed E-state index contributed by atoms with van der Waals surface area (Å²) < 4.78 is 11.3. The van der Waals surface area contributed by atoms with Crippen molar-refractivity contribution < 1.29 is 14.3 Å². The Labute approximate surface area is 106 Å². The number of ether oxygens (including phenoxy) is 2. The van der Waals surface area contributed by atoms with E-state index in [-0.39, 0.29) is 11.9 Å². The Hall–Kier alpha value is -1.45. The first-order valence-corrected chi connectivity index (χ1v) is 6.20. The maximum absolute atomic E-state index is 12.2. The molecule has 94 valence electrons. The maximum atomic E-state index is 12.2. The summed E-state index contributed by atoms with van der Waals surface area (Å²) in [5.74, 6) is -0.589. The molecular weight excluding hydrogens is 228 g/mol. The van der Waals surface area contributed by atoms with E-state index in [1.54, 1.807) is 0 Å². The molecule has 0 saturated carbocycles. The lowest BCUT2D eigenvalue weighted by Gasteiger charge is -2.17. The Morgan fingerprint density at radius 1 is 1.17 bits per heavy atom. The summed E-state index contributed by atoms with van der Waals surface area (Å²) in [6.07, 6.45) is 1.90. The summed E-state index contributed by atoms with van der Waals surface area (Å²) in [6.45, 7) is 3.67. The topological polar surface area (TPSA) is 35.5 Å². The third kappa shape index (κ3) is 2.00. The smallest absolute Gasteiger partial charge is 0.190 e. The number of carbonyl (C=O) groups excluding carboxylic acids is 1. The van der Waals surface area contributed by atoms with Gasteiger partial charge in [-0.2, -0.15) is 0 Å². The molecule has 18 heavy (non-hydrogen) atoms. The van der Waals surface area contributed by atoms with Gasteiger partial charge in [-0.15, -0.1) is 0 Å². The van der Waals surface area contributed by atoms with Crippen LogP contribution in [0.25, 0.3) is 0 Å². The van der Waals surface area contributed by atoms with Gasteiger partial charge in [0.2, 0.25) is 0 Å². The van der Waals surface area contributed by atoms with Crippen LogP contribution in [0.15, 0.2) is 42.0 Å². The number of carbonyl (C=O) groups is 1. The molecule has 3 nitrogen and oxygen atoms in total. The molecule has 0 N–H and O–H groups in total. The first-order chi connectivity index (χ1) is 8.55. The lowest BCUT2D eigenvalue weighted by atomic mass is 10.0. The molecule has 1 aromatic carbocycles. The second kappa shape index (κ2) is 4.04. The van der Waals surface area contributed by atoms with E-state index >= 15 is 0 Å². The average Bonchev–Trinajstić information content (AvgIpc) is 2.76. The predicted octanol–water partition coefficient (Wildman–Crippen LogP) is 2.26. The van der Waals surface area contributed by atoms with Gasteiger partial charge in [-0.05, 0) is 25.5 Å². The fourth-order valence-corrected chi connectivity index (χ4v) is 2.54. The quantitative estimate of drug-likeness (QED) is 0.800. The van der Waals surface area contributed by atoms with Gasteiger partial charge in [0, 0.05) is 12.0 Å². The van der Waals surface area contributed by atoms with Gasteiger partial charge in [0.1, 0.15) is 6.10 Å². The van der Waals surface area contributed by atoms with Crippen molar-refractivity contribution in [1.82, 2.24) is 0 Å². The molecule has 0 bridgehead atoms. The maximum Gasteiger partial charge on any atom is 0.190 e. The van der Waals surface area contributed by atoms with Gasteiger partial charge in [0.05, 0.1) is 0 Å². The molecule has 0 aromatic heterocycles. The second-order valence-electron chi connectivity index (χ2n) is 5.24. The molecule has 1 heterocycles. The molecule has 3 heteroatoms. The zero-order valence-electron chi connectivity index (χ0n) is 10.6. The highest BCUT2D eigenvalue weighted by atomic mass is 16.8. The zero-order chi connectivity index (χ0) is 12.8. The molecule has 1 fully saturated rings. The number of hydrogen-bond acceptors (Lipinski definition) is 3. The third-order valence-electron chi connectivity index (χ3n) is 3.31. The number of hydrogen-bond donors (Lipinski definition) is 0. The molecule has 1 aromatic rings. The van der Waals surface area contributed by atoms with Gasteiger partial charge in [0.25, 0.3) is 0 Å². The minimum atomic E-state index is -0.653. The zero-order valence-corrected chi connectivity index (χ0v) is 10.6. The number of rotatable bonds is 2. The molecule has 3 rings (SSSR count). The summed E-state index contributed by atoms with van der Waals surface area (Å²) in [6, 6.07) is 9.97.